The fourth-order valence-corrected chi connectivity index (χ4v) is 5.44. The quantitative estimate of drug-likeness (QED) is 0.0306. The van der Waals surface area contributed by atoms with Crippen LogP contribution < -0.4 is 49.1 Å². The summed E-state index contributed by atoms with van der Waals surface area (Å²) in [4.78, 5) is 114. The van der Waals surface area contributed by atoms with E-state index in [4.69, 9.17) is 17.2 Å². The van der Waals surface area contributed by atoms with E-state index >= 15 is 0 Å². The predicted molar refractivity (Wildman–Crippen MR) is 207 cm³/mol. The third-order valence-electron chi connectivity index (χ3n) is 8.21. The Bertz CT molecular complexity index is 1560. The van der Waals surface area contributed by atoms with Crippen LogP contribution in [0.1, 0.15) is 64.4 Å². The number of amides is 7. The van der Waals surface area contributed by atoms with Gasteiger partial charge in [-0.2, -0.15) is 12.6 Å². The van der Waals surface area contributed by atoms with Crippen LogP contribution in [0.3, 0.4) is 0 Å². The standard InChI is InChI=1S/C35H55N9O12S/c1-18(2)13-23(33(53)43-25(35(55)56)14-19-6-8-20(45)9-7-19)41-34(54)24(15-27(38)46)42-32(52)22(10-11-29(48)49)40-28(47)16-39-31(51)26(17-57)44-30(50)21(37)5-3-4-12-36/h6-9,18,21-26,45,57H,3-5,10-17,36-37H2,1-2H3,(H2,38,46)(H,39,51)(H,40,47)(H,41,54)(H,42,52)(H,43,53)(H,44,50)(H,48,49)(H,55,56)/t21-,22-,23-,24-,25-,26-/m0/s1. The van der Waals surface area contributed by atoms with Gasteiger partial charge in [0.05, 0.1) is 19.0 Å². The molecule has 318 valence electrons. The summed E-state index contributed by atoms with van der Waals surface area (Å²) in [7, 11) is 0. The number of benzene rings is 1. The van der Waals surface area contributed by atoms with E-state index in [9.17, 15) is 58.5 Å². The second kappa shape index (κ2) is 25.6. The molecule has 0 aliphatic rings. The van der Waals surface area contributed by atoms with Gasteiger partial charge >= 0.3 is 11.9 Å². The summed E-state index contributed by atoms with van der Waals surface area (Å²) in [6.07, 6.45) is -0.566. The number of phenolic OH excluding ortho intramolecular Hbond substituents is 1. The van der Waals surface area contributed by atoms with Gasteiger partial charge in [-0.15, -0.1) is 0 Å². The molecule has 0 aliphatic carbocycles. The number of carbonyl (C=O) groups excluding carboxylic acids is 7. The Morgan fingerprint density at radius 2 is 1.28 bits per heavy atom. The molecule has 1 rings (SSSR count). The minimum Gasteiger partial charge on any atom is -0.508 e. The van der Waals surface area contributed by atoms with Gasteiger partial charge in [0.25, 0.3) is 0 Å². The molecule has 0 saturated heterocycles. The number of primary amides is 1. The van der Waals surface area contributed by atoms with Gasteiger partial charge in [-0.3, -0.25) is 38.4 Å². The second-order valence-corrected chi connectivity index (χ2v) is 14.0. The lowest BCUT2D eigenvalue weighted by atomic mass is 10.0. The first-order valence-corrected chi connectivity index (χ1v) is 18.8. The summed E-state index contributed by atoms with van der Waals surface area (Å²) in [5, 5.41) is 42.5. The molecule has 0 radical (unpaired) electrons. The maximum atomic E-state index is 13.5. The average molecular weight is 826 g/mol. The normalized spacial score (nSPS) is 14.1. The summed E-state index contributed by atoms with van der Waals surface area (Å²) >= 11 is 4.06. The highest BCUT2D eigenvalue weighted by atomic mass is 32.1. The fourth-order valence-electron chi connectivity index (χ4n) is 5.18. The van der Waals surface area contributed by atoms with Crippen molar-refractivity contribution < 1.29 is 58.5 Å². The topological polar surface area (TPSA) is 365 Å². The molecular weight excluding hydrogens is 771 g/mol. The van der Waals surface area contributed by atoms with Gasteiger partial charge in [-0.1, -0.05) is 32.4 Å². The summed E-state index contributed by atoms with van der Waals surface area (Å²) < 4.78 is 0. The summed E-state index contributed by atoms with van der Waals surface area (Å²) in [6.45, 7) is 3.12. The number of thiol groups is 1. The van der Waals surface area contributed by atoms with Crippen molar-refractivity contribution in [2.24, 2.45) is 23.1 Å². The van der Waals surface area contributed by atoms with Crippen LogP contribution in [0.5, 0.6) is 5.75 Å². The number of carboxylic acid groups (broad SMARTS) is 2. The van der Waals surface area contributed by atoms with E-state index in [1.807, 2.05) is 0 Å². The second-order valence-electron chi connectivity index (χ2n) is 13.6. The van der Waals surface area contributed by atoms with E-state index < -0.39 is 115 Å². The summed E-state index contributed by atoms with van der Waals surface area (Å²) in [5.74, 6) is -9.75. The molecular formula is C35H55N9O12S. The lowest BCUT2D eigenvalue weighted by Gasteiger charge is -2.26. The molecule has 6 atom stereocenters. The Kier molecular flexibility index (Phi) is 22.3. The van der Waals surface area contributed by atoms with E-state index in [0.29, 0.717) is 31.4 Å². The summed E-state index contributed by atoms with van der Waals surface area (Å²) in [5.41, 5.74) is 17.1. The Balaban J connectivity index is 3.08. The molecule has 0 unspecified atom stereocenters. The van der Waals surface area contributed by atoms with Crippen molar-refractivity contribution in [3.63, 3.8) is 0 Å². The molecule has 57 heavy (non-hydrogen) atoms. The number of nitrogens with one attached hydrogen (secondary N) is 6. The van der Waals surface area contributed by atoms with Crippen LogP contribution >= 0.6 is 12.6 Å². The van der Waals surface area contributed by atoms with Gasteiger partial charge in [-0.05, 0) is 55.8 Å². The van der Waals surface area contributed by atoms with Gasteiger partial charge in [0.1, 0.15) is 36.0 Å². The van der Waals surface area contributed by atoms with Crippen LogP contribution in [0.4, 0.5) is 0 Å². The van der Waals surface area contributed by atoms with Crippen molar-refractivity contribution in [1.29, 1.82) is 0 Å². The monoisotopic (exact) mass is 825 g/mol. The average Bonchev–Trinajstić information content (AvgIpc) is 3.13. The predicted octanol–water partition coefficient (Wildman–Crippen LogP) is -3.27. The van der Waals surface area contributed by atoms with Crippen molar-refractivity contribution in [3.8, 4) is 5.75 Å². The summed E-state index contributed by atoms with van der Waals surface area (Å²) in [6, 6.07) is -2.67. The van der Waals surface area contributed by atoms with Gasteiger partial charge in [0.2, 0.25) is 41.4 Å². The zero-order chi connectivity index (χ0) is 43.2. The van der Waals surface area contributed by atoms with Crippen LogP contribution in [0.2, 0.25) is 0 Å². The number of aromatic hydroxyl groups is 1. The van der Waals surface area contributed by atoms with E-state index in [2.05, 4.69) is 44.5 Å². The van der Waals surface area contributed by atoms with Crippen molar-refractivity contribution in [1.82, 2.24) is 31.9 Å². The van der Waals surface area contributed by atoms with E-state index in [1.54, 1.807) is 13.8 Å². The number of hydrogen-bond acceptors (Lipinski definition) is 13. The number of carboxylic acids is 2. The number of carbonyl (C=O) groups is 9. The lowest BCUT2D eigenvalue weighted by molar-refractivity contribution is -0.142. The molecule has 0 saturated carbocycles. The molecule has 0 fully saturated rings. The number of unbranched alkanes of at least 4 members (excludes halogenated alkanes) is 1. The van der Waals surface area contributed by atoms with Crippen molar-refractivity contribution in [3.05, 3.63) is 29.8 Å². The highest BCUT2D eigenvalue weighted by Crippen LogP contribution is 2.13. The zero-order valence-electron chi connectivity index (χ0n) is 31.8. The molecule has 21 nitrogen and oxygen atoms in total. The van der Waals surface area contributed by atoms with Gasteiger partial charge in [0.15, 0.2) is 0 Å². The Morgan fingerprint density at radius 3 is 1.82 bits per heavy atom. The highest BCUT2D eigenvalue weighted by molar-refractivity contribution is 7.80. The first-order chi connectivity index (χ1) is 26.8. The van der Waals surface area contributed by atoms with E-state index in [-0.39, 0.29) is 30.3 Å². The molecule has 7 amide bonds. The first-order valence-electron chi connectivity index (χ1n) is 18.1. The molecule has 15 N–H and O–H groups in total. The molecule has 0 spiro atoms. The molecule has 22 heteroatoms. The molecule has 0 bridgehead atoms. The van der Waals surface area contributed by atoms with E-state index in [0.717, 1.165) is 0 Å². The maximum absolute atomic E-state index is 13.5. The van der Waals surface area contributed by atoms with Crippen LogP contribution in [0.25, 0.3) is 0 Å². The zero-order valence-corrected chi connectivity index (χ0v) is 32.7. The molecule has 0 heterocycles. The first kappa shape index (κ1) is 49.5. The largest absolute Gasteiger partial charge is 0.508 e. The Morgan fingerprint density at radius 1 is 0.719 bits per heavy atom. The minimum absolute atomic E-state index is 0.0112. The van der Waals surface area contributed by atoms with Crippen molar-refractivity contribution >= 4 is 65.9 Å². The molecule has 1 aromatic carbocycles. The number of nitrogens with two attached hydrogens (primary N) is 3. The number of aliphatic carboxylic acids is 2. The smallest absolute Gasteiger partial charge is 0.326 e. The van der Waals surface area contributed by atoms with Crippen LogP contribution in [0, 0.1) is 5.92 Å². The number of rotatable bonds is 27. The SMILES string of the molecule is CC(C)C[C@H](NC(=O)[C@H](CC(N)=O)NC(=O)[C@H](CCC(=O)O)NC(=O)CNC(=O)[C@H](CS)NC(=O)[C@@H](N)CCCCN)C(=O)N[C@@H](Cc1ccc(O)cc1)C(=O)O. The minimum atomic E-state index is -1.74. The number of phenols is 1. The van der Waals surface area contributed by atoms with Crippen molar-refractivity contribution in [2.75, 3.05) is 18.8 Å². The van der Waals surface area contributed by atoms with Gasteiger partial charge in [-0.25, -0.2) is 4.79 Å². The maximum Gasteiger partial charge on any atom is 0.326 e. The fraction of sp³-hybridized carbons (Fsp3) is 0.571. The van der Waals surface area contributed by atoms with Crippen LogP contribution in [0.15, 0.2) is 24.3 Å². The van der Waals surface area contributed by atoms with E-state index in [1.165, 1.54) is 24.3 Å². The molecule has 0 aliphatic heterocycles. The van der Waals surface area contributed by atoms with Crippen molar-refractivity contribution in [2.45, 2.75) is 101 Å². The molecule has 1 aromatic rings. The van der Waals surface area contributed by atoms with Crippen LogP contribution in [-0.4, -0.2) is 124 Å². The van der Waals surface area contributed by atoms with Crippen LogP contribution in [-0.2, 0) is 49.6 Å². The Hall–Kier alpha value is -5.48. The third kappa shape index (κ3) is 19.8. The van der Waals surface area contributed by atoms with Gasteiger partial charge < -0.3 is 64.4 Å². The Labute approximate surface area is 334 Å². The third-order valence-corrected chi connectivity index (χ3v) is 8.58. The highest BCUT2D eigenvalue weighted by Gasteiger charge is 2.33. The lowest BCUT2D eigenvalue weighted by Crippen LogP contribution is -2.59. The molecule has 0 aromatic heterocycles. The number of hydrogen-bond donors (Lipinski definition) is 13. The van der Waals surface area contributed by atoms with Gasteiger partial charge in [0, 0.05) is 18.6 Å².